The Kier molecular flexibility index (Phi) is 8.46. The zero-order valence-electron chi connectivity index (χ0n) is 21.2. The topological polar surface area (TPSA) is 95.6 Å². The maximum absolute atomic E-state index is 13.6. The highest BCUT2D eigenvalue weighted by atomic mass is 32.1. The van der Waals surface area contributed by atoms with Gasteiger partial charge >= 0.3 is 6.03 Å². The average molecular weight is 518 g/mol. The summed E-state index contributed by atoms with van der Waals surface area (Å²) in [5.41, 5.74) is 0.309. The fourth-order valence-electron chi connectivity index (χ4n) is 4.70. The smallest absolute Gasteiger partial charge is 0.315 e. The molecule has 2 heterocycles. The fraction of sp³-hybridized carbons (Fsp3) is 0.577. The van der Waals surface area contributed by atoms with Crippen LogP contribution in [-0.4, -0.2) is 54.8 Å². The number of rotatable bonds is 7. The monoisotopic (exact) mass is 517 g/mol. The zero-order chi connectivity index (χ0) is 25.7. The van der Waals surface area contributed by atoms with Gasteiger partial charge in [0.05, 0.1) is 0 Å². The highest BCUT2D eigenvalue weighted by Gasteiger charge is 2.32. The van der Waals surface area contributed by atoms with E-state index in [9.17, 15) is 14.0 Å². The molecule has 1 saturated carbocycles. The molecule has 1 saturated heterocycles. The first kappa shape index (κ1) is 26.3. The highest BCUT2D eigenvalue weighted by molar-refractivity contribution is 7.20. The molecule has 1 aliphatic heterocycles. The van der Waals surface area contributed by atoms with Crippen molar-refractivity contribution in [2.75, 3.05) is 30.5 Å². The Morgan fingerprint density at radius 2 is 1.75 bits per heavy atom. The quantitative estimate of drug-likeness (QED) is 0.485. The fourth-order valence-corrected chi connectivity index (χ4v) is 5.72. The van der Waals surface area contributed by atoms with Gasteiger partial charge in [-0.05, 0) is 63.8 Å². The van der Waals surface area contributed by atoms with Gasteiger partial charge in [0.15, 0.2) is 5.13 Å². The standard InChI is InChI=1S/C26H36FN5O3S/c1-26(2,31-24(34)28-19-7-5-4-6-8-19)23(33)30-25-29-21(17-9-11-18(27)12-10-17)22(36-25)32(3)20-13-15-35-16-14-20/h9-12,19-20H,4-8,13-16H2,1-3H3,(H2,28,31,34)(H,29,30,33). The van der Waals surface area contributed by atoms with Crippen molar-refractivity contribution in [1.82, 2.24) is 15.6 Å². The van der Waals surface area contributed by atoms with E-state index in [0.717, 1.165) is 49.1 Å². The summed E-state index contributed by atoms with van der Waals surface area (Å²) in [6.45, 7) is 4.75. The summed E-state index contributed by atoms with van der Waals surface area (Å²) in [7, 11) is 2.02. The van der Waals surface area contributed by atoms with E-state index >= 15 is 0 Å². The van der Waals surface area contributed by atoms with Crippen molar-refractivity contribution in [1.29, 1.82) is 0 Å². The van der Waals surface area contributed by atoms with Crippen LogP contribution in [0, 0.1) is 5.82 Å². The Labute approximate surface area is 216 Å². The van der Waals surface area contributed by atoms with Crippen molar-refractivity contribution >= 4 is 33.4 Å². The molecule has 0 radical (unpaired) electrons. The van der Waals surface area contributed by atoms with E-state index in [0.29, 0.717) is 24.0 Å². The van der Waals surface area contributed by atoms with Gasteiger partial charge in [-0.1, -0.05) is 30.6 Å². The minimum atomic E-state index is -1.15. The number of halogens is 1. The van der Waals surface area contributed by atoms with E-state index in [1.54, 1.807) is 26.0 Å². The molecule has 1 aromatic heterocycles. The minimum Gasteiger partial charge on any atom is -0.381 e. The summed E-state index contributed by atoms with van der Waals surface area (Å²) in [6.07, 6.45) is 7.15. The first-order chi connectivity index (χ1) is 17.2. The molecule has 0 bridgehead atoms. The number of hydrogen-bond donors (Lipinski definition) is 3. The van der Waals surface area contributed by atoms with Crippen LogP contribution in [0.3, 0.4) is 0 Å². The second kappa shape index (κ2) is 11.6. The van der Waals surface area contributed by atoms with Crippen molar-refractivity contribution < 1.29 is 18.7 Å². The lowest BCUT2D eigenvalue weighted by Crippen LogP contribution is -2.56. The van der Waals surface area contributed by atoms with Gasteiger partial charge in [0.2, 0.25) is 0 Å². The van der Waals surface area contributed by atoms with Crippen molar-refractivity contribution in [3.05, 3.63) is 30.1 Å². The van der Waals surface area contributed by atoms with Crippen LogP contribution in [0.25, 0.3) is 11.3 Å². The molecule has 3 N–H and O–H groups in total. The molecule has 2 aliphatic rings. The van der Waals surface area contributed by atoms with Gasteiger partial charge < -0.3 is 20.3 Å². The third-order valence-corrected chi connectivity index (χ3v) is 8.00. The number of aromatic nitrogens is 1. The summed E-state index contributed by atoms with van der Waals surface area (Å²) >= 11 is 1.37. The molecule has 2 aromatic rings. The summed E-state index contributed by atoms with van der Waals surface area (Å²) in [6, 6.07) is 6.29. The van der Waals surface area contributed by atoms with Gasteiger partial charge in [0, 0.05) is 37.9 Å². The summed E-state index contributed by atoms with van der Waals surface area (Å²) in [5, 5.41) is 10.0. The number of carbonyl (C=O) groups is 2. The zero-order valence-corrected chi connectivity index (χ0v) is 22.0. The second-order valence-electron chi connectivity index (χ2n) is 10.1. The summed E-state index contributed by atoms with van der Waals surface area (Å²) < 4.78 is 19.1. The maximum atomic E-state index is 13.6. The molecular weight excluding hydrogens is 481 g/mol. The number of nitrogens with zero attached hydrogens (tertiary/aromatic N) is 2. The Hall–Kier alpha value is -2.72. The molecule has 2 fully saturated rings. The number of carbonyl (C=O) groups excluding carboxylic acids is 2. The minimum absolute atomic E-state index is 0.151. The Morgan fingerprint density at radius 1 is 1.08 bits per heavy atom. The predicted octanol–water partition coefficient (Wildman–Crippen LogP) is 4.91. The van der Waals surface area contributed by atoms with E-state index < -0.39 is 5.54 Å². The Balaban J connectivity index is 1.49. The third kappa shape index (κ3) is 6.53. The number of amides is 3. The van der Waals surface area contributed by atoms with Gasteiger partial charge in [-0.3, -0.25) is 10.1 Å². The third-order valence-electron chi connectivity index (χ3n) is 6.94. The van der Waals surface area contributed by atoms with Crippen LogP contribution >= 0.6 is 11.3 Å². The van der Waals surface area contributed by atoms with Crippen LogP contribution in [-0.2, 0) is 9.53 Å². The largest absolute Gasteiger partial charge is 0.381 e. The van der Waals surface area contributed by atoms with E-state index in [-0.39, 0.29) is 29.8 Å². The van der Waals surface area contributed by atoms with Crippen molar-refractivity contribution in [3.8, 4) is 11.3 Å². The van der Waals surface area contributed by atoms with E-state index in [2.05, 4.69) is 20.9 Å². The number of hydrogen-bond acceptors (Lipinski definition) is 6. The lowest BCUT2D eigenvalue weighted by atomic mass is 9.95. The van der Waals surface area contributed by atoms with Gasteiger partial charge in [-0.25, -0.2) is 14.2 Å². The maximum Gasteiger partial charge on any atom is 0.315 e. The number of anilines is 2. The predicted molar refractivity (Wildman–Crippen MR) is 141 cm³/mol. The van der Waals surface area contributed by atoms with Crippen LogP contribution < -0.4 is 20.9 Å². The molecule has 8 nitrogen and oxygen atoms in total. The van der Waals surface area contributed by atoms with Crippen LogP contribution in [0.4, 0.5) is 19.3 Å². The van der Waals surface area contributed by atoms with Crippen molar-refractivity contribution in [3.63, 3.8) is 0 Å². The molecule has 196 valence electrons. The van der Waals surface area contributed by atoms with Gasteiger partial charge in [-0.2, -0.15) is 0 Å². The normalized spacial score (nSPS) is 17.4. The Bertz CT molecular complexity index is 1050. The molecule has 0 spiro atoms. The number of ether oxygens (including phenoxy) is 1. The summed E-state index contributed by atoms with van der Waals surface area (Å²) in [5.74, 6) is -0.679. The SMILES string of the molecule is CN(c1sc(NC(=O)C(C)(C)NC(=O)NC2CCCCC2)nc1-c1ccc(F)cc1)C1CCOCC1. The van der Waals surface area contributed by atoms with E-state index in [1.165, 1.54) is 29.9 Å². The molecule has 3 amide bonds. The van der Waals surface area contributed by atoms with Crippen molar-refractivity contribution in [2.45, 2.75) is 76.4 Å². The van der Waals surface area contributed by atoms with Crippen LogP contribution in [0.2, 0.25) is 0 Å². The van der Waals surface area contributed by atoms with Gasteiger partial charge in [0.1, 0.15) is 22.1 Å². The number of benzene rings is 1. The van der Waals surface area contributed by atoms with E-state index in [4.69, 9.17) is 9.72 Å². The lowest BCUT2D eigenvalue weighted by Gasteiger charge is -2.32. The van der Waals surface area contributed by atoms with Crippen LogP contribution in [0.5, 0.6) is 0 Å². The summed E-state index contributed by atoms with van der Waals surface area (Å²) in [4.78, 5) is 32.6. The molecule has 36 heavy (non-hydrogen) atoms. The molecular formula is C26H36FN5O3S. The van der Waals surface area contributed by atoms with Gasteiger partial charge in [-0.15, -0.1) is 0 Å². The first-order valence-electron chi connectivity index (χ1n) is 12.7. The molecule has 0 atom stereocenters. The van der Waals surface area contributed by atoms with Gasteiger partial charge in [0.25, 0.3) is 5.91 Å². The average Bonchev–Trinajstić information content (AvgIpc) is 3.28. The van der Waals surface area contributed by atoms with E-state index in [1.807, 2.05) is 7.05 Å². The molecule has 4 rings (SSSR count). The second-order valence-corrected chi connectivity index (χ2v) is 11.1. The number of urea groups is 1. The molecule has 1 aromatic carbocycles. The highest BCUT2D eigenvalue weighted by Crippen LogP contribution is 2.40. The van der Waals surface area contributed by atoms with Crippen LogP contribution in [0.15, 0.2) is 24.3 Å². The number of thiazole rings is 1. The molecule has 1 aliphatic carbocycles. The molecule has 0 unspecified atom stereocenters. The van der Waals surface area contributed by atoms with Crippen LogP contribution in [0.1, 0.15) is 58.8 Å². The van der Waals surface area contributed by atoms with Crippen molar-refractivity contribution in [2.24, 2.45) is 0 Å². The Morgan fingerprint density at radius 3 is 2.42 bits per heavy atom. The first-order valence-corrected chi connectivity index (χ1v) is 13.5. The number of nitrogens with one attached hydrogen (secondary N) is 3. The molecule has 10 heteroatoms. The lowest BCUT2D eigenvalue weighted by molar-refractivity contribution is -0.120.